The maximum absolute atomic E-state index is 12.3. The number of nitrogens with one attached hydrogen (secondary N) is 2. The molecule has 1 unspecified atom stereocenters. The van der Waals surface area contributed by atoms with Crippen LogP contribution in [0.2, 0.25) is 0 Å². The maximum Gasteiger partial charge on any atom is 0.272 e. The van der Waals surface area contributed by atoms with E-state index in [0.717, 1.165) is 51.3 Å². The van der Waals surface area contributed by atoms with E-state index in [1.54, 1.807) is 18.2 Å². The smallest absolute Gasteiger partial charge is 0.272 e. The van der Waals surface area contributed by atoms with Gasteiger partial charge in [0.05, 0.1) is 19.8 Å². The number of nitrogens with zero attached hydrogens (tertiary/aromatic N) is 1. The molecule has 0 spiro atoms. The summed E-state index contributed by atoms with van der Waals surface area (Å²) in [4.78, 5) is 4.53. The molecule has 1 fully saturated rings. The third kappa shape index (κ3) is 11.5. The highest BCUT2D eigenvalue weighted by Crippen LogP contribution is 2.15. The fourth-order valence-electron chi connectivity index (χ4n) is 2.75. The van der Waals surface area contributed by atoms with E-state index in [9.17, 15) is 8.78 Å². The van der Waals surface area contributed by atoms with Crippen molar-refractivity contribution in [2.24, 2.45) is 10.9 Å². The Kier molecular flexibility index (Phi) is 13.9. The zero-order valence-electron chi connectivity index (χ0n) is 16.9. The van der Waals surface area contributed by atoms with Crippen LogP contribution in [-0.4, -0.2) is 58.5 Å². The van der Waals surface area contributed by atoms with E-state index in [0.29, 0.717) is 30.8 Å². The van der Waals surface area contributed by atoms with Crippen LogP contribution >= 0.6 is 24.0 Å². The number of benzene rings is 1. The van der Waals surface area contributed by atoms with Crippen molar-refractivity contribution in [3.63, 3.8) is 0 Å². The van der Waals surface area contributed by atoms with E-state index >= 15 is 0 Å². The Balaban J connectivity index is 0.00000420. The molecule has 29 heavy (non-hydrogen) atoms. The summed E-state index contributed by atoms with van der Waals surface area (Å²) in [6.45, 7) is 6.45. The van der Waals surface area contributed by atoms with Crippen molar-refractivity contribution >= 4 is 29.9 Å². The van der Waals surface area contributed by atoms with Gasteiger partial charge in [-0.2, -0.15) is 0 Å². The van der Waals surface area contributed by atoms with Gasteiger partial charge in [0.2, 0.25) is 0 Å². The molecule has 2 N–H and O–H groups in total. The lowest BCUT2D eigenvalue weighted by atomic mass is 10.1. The van der Waals surface area contributed by atoms with Crippen molar-refractivity contribution < 1.29 is 23.0 Å². The topological polar surface area (TPSA) is 64.1 Å². The predicted molar refractivity (Wildman–Crippen MR) is 121 cm³/mol. The Bertz CT molecular complexity index is 588. The minimum absolute atomic E-state index is 0. The van der Waals surface area contributed by atoms with E-state index < -0.39 is 13.0 Å². The Hall–Kier alpha value is -1.20. The van der Waals surface area contributed by atoms with Crippen LogP contribution in [-0.2, 0) is 16.0 Å². The molecule has 0 aromatic heterocycles. The van der Waals surface area contributed by atoms with Gasteiger partial charge in [-0.1, -0.05) is 12.1 Å². The van der Waals surface area contributed by atoms with Crippen LogP contribution in [0.5, 0.6) is 5.75 Å². The summed E-state index contributed by atoms with van der Waals surface area (Å²) >= 11 is 0. The molecule has 1 aromatic carbocycles. The lowest BCUT2D eigenvalue weighted by Gasteiger charge is -2.12. The second-order valence-corrected chi connectivity index (χ2v) is 6.63. The summed E-state index contributed by atoms with van der Waals surface area (Å²) in [6.07, 6.45) is -0.513. The number of alkyl halides is 2. The quantitative estimate of drug-likeness (QED) is 0.189. The van der Waals surface area contributed by atoms with Gasteiger partial charge in [0.25, 0.3) is 6.43 Å². The average molecular weight is 527 g/mol. The van der Waals surface area contributed by atoms with E-state index in [-0.39, 0.29) is 24.0 Å². The van der Waals surface area contributed by atoms with Crippen LogP contribution in [0.25, 0.3) is 0 Å². The van der Waals surface area contributed by atoms with Crippen LogP contribution in [0.4, 0.5) is 8.78 Å². The molecule has 2 rings (SSSR count). The fraction of sp³-hybridized carbons (Fsp3) is 0.650. The Morgan fingerprint density at radius 2 is 2.21 bits per heavy atom. The van der Waals surface area contributed by atoms with Gasteiger partial charge in [-0.3, -0.25) is 0 Å². The highest BCUT2D eigenvalue weighted by molar-refractivity contribution is 14.0. The summed E-state index contributed by atoms with van der Waals surface area (Å²) in [6, 6.07) is 7.06. The second kappa shape index (κ2) is 15.6. The summed E-state index contributed by atoms with van der Waals surface area (Å²) in [5, 5.41) is 6.47. The monoisotopic (exact) mass is 527 g/mol. The molecule has 0 bridgehead atoms. The Morgan fingerprint density at radius 1 is 1.34 bits per heavy atom. The molecule has 0 aliphatic carbocycles. The molecule has 1 atom stereocenters. The molecule has 0 amide bonds. The lowest BCUT2D eigenvalue weighted by molar-refractivity contribution is 0.0818. The molecule has 1 aliphatic rings. The van der Waals surface area contributed by atoms with Crippen LogP contribution in [0.3, 0.4) is 0 Å². The van der Waals surface area contributed by atoms with E-state index in [1.165, 1.54) is 0 Å². The molecule has 1 aliphatic heterocycles. The summed E-state index contributed by atoms with van der Waals surface area (Å²) in [5.41, 5.74) is 0.895. The minimum Gasteiger partial charge on any atom is -0.488 e. The summed E-state index contributed by atoms with van der Waals surface area (Å²) in [5.74, 6) is 1.67. The molecule has 1 heterocycles. The van der Waals surface area contributed by atoms with Crippen molar-refractivity contribution in [2.45, 2.75) is 32.7 Å². The van der Waals surface area contributed by atoms with Crippen molar-refractivity contribution in [3.05, 3.63) is 29.8 Å². The Morgan fingerprint density at radius 3 is 2.93 bits per heavy atom. The number of rotatable bonds is 12. The van der Waals surface area contributed by atoms with Crippen molar-refractivity contribution in [3.8, 4) is 5.75 Å². The second-order valence-electron chi connectivity index (χ2n) is 6.63. The highest BCUT2D eigenvalue weighted by atomic mass is 127. The van der Waals surface area contributed by atoms with Crippen LogP contribution in [0.15, 0.2) is 29.3 Å². The highest BCUT2D eigenvalue weighted by Gasteiger charge is 2.15. The first-order valence-corrected chi connectivity index (χ1v) is 9.85. The first kappa shape index (κ1) is 25.8. The molecule has 166 valence electrons. The minimum atomic E-state index is -2.48. The average Bonchev–Trinajstić information content (AvgIpc) is 3.21. The zero-order valence-corrected chi connectivity index (χ0v) is 19.2. The van der Waals surface area contributed by atoms with E-state index in [4.69, 9.17) is 14.2 Å². The third-order valence-electron chi connectivity index (χ3n) is 4.17. The van der Waals surface area contributed by atoms with Gasteiger partial charge in [0, 0.05) is 32.2 Å². The fourth-order valence-corrected chi connectivity index (χ4v) is 2.75. The Labute approximate surface area is 188 Å². The largest absolute Gasteiger partial charge is 0.488 e. The normalized spacial score (nSPS) is 16.6. The first-order valence-electron chi connectivity index (χ1n) is 9.85. The van der Waals surface area contributed by atoms with Gasteiger partial charge < -0.3 is 24.8 Å². The van der Waals surface area contributed by atoms with E-state index in [2.05, 4.69) is 15.6 Å². The van der Waals surface area contributed by atoms with Gasteiger partial charge >= 0.3 is 0 Å². The van der Waals surface area contributed by atoms with Gasteiger partial charge in [-0.25, -0.2) is 13.8 Å². The zero-order chi connectivity index (χ0) is 20.0. The number of hydrogen-bond donors (Lipinski definition) is 2. The molecular formula is C20H32F2IN3O3. The number of aliphatic imine (C=N–C) groups is 1. The van der Waals surface area contributed by atoms with Gasteiger partial charge in [-0.15, -0.1) is 24.0 Å². The summed E-state index contributed by atoms with van der Waals surface area (Å²) in [7, 11) is 0. The molecule has 1 aromatic rings. The third-order valence-corrected chi connectivity index (χ3v) is 4.17. The standard InChI is InChI=1S/C20H31F2N3O3.HI/c1-2-23-20(24-8-4-9-26-13-17-7-10-27-14-17)25-12-16-5-3-6-18(11-16)28-15-19(21)22;/h3,5-6,11,17,19H,2,4,7-10,12-15H2,1H3,(H2,23,24,25);1H. The van der Waals surface area contributed by atoms with E-state index in [1.807, 2.05) is 13.0 Å². The number of ether oxygens (including phenoxy) is 3. The van der Waals surface area contributed by atoms with Crippen molar-refractivity contribution in [2.75, 3.05) is 46.1 Å². The first-order chi connectivity index (χ1) is 13.7. The summed E-state index contributed by atoms with van der Waals surface area (Å²) < 4.78 is 40.6. The number of halogens is 3. The molecule has 0 saturated carbocycles. The van der Waals surface area contributed by atoms with Crippen LogP contribution in [0.1, 0.15) is 25.3 Å². The van der Waals surface area contributed by atoms with Gasteiger partial charge in [0.1, 0.15) is 12.4 Å². The molecule has 1 saturated heterocycles. The number of guanidine groups is 1. The van der Waals surface area contributed by atoms with Gasteiger partial charge in [-0.05, 0) is 37.5 Å². The van der Waals surface area contributed by atoms with Crippen molar-refractivity contribution in [1.29, 1.82) is 0 Å². The maximum atomic E-state index is 12.3. The molecule has 6 nitrogen and oxygen atoms in total. The lowest BCUT2D eigenvalue weighted by Crippen LogP contribution is -2.38. The van der Waals surface area contributed by atoms with Crippen LogP contribution in [0, 0.1) is 5.92 Å². The molecule has 9 heteroatoms. The van der Waals surface area contributed by atoms with Gasteiger partial charge in [0.15, 0.2) is 5.96 Å². The van der Waals surface area contributed by atoms with Crippen molar-refractivity contribution in [1.82, 2.24) is 10.6 Å². The SMILES string of the molecule is CCNC(=NCc1cccc(OCC(F)F)c1)NCCCOCC1CCOC1.I. The molecule has 0 radical (unpaired) electrons. The number of hydrogen-bond acceptors (Lipinski definition) is 4. The molecular weight excluding hydrogens is 495 g/mol. The van der Waals surface area contributed by atoms with Crippen LogP contribution < -0.4 is 15.4 Å². The predicted octanol–water partition coefficient (Wildman–Crippen LogP) is 3.45.